The molecule has 0 aliphatic heterocycles. The van der Waals surface area contributed by atoms with Gasteiger partial charge in [-0.1, -0.05) is 28.9 Å². The molecular formula is C15H20BrN3O4. The lowest BCUT2D eigenvalue weighted by Crippen LogP contribution is -2.43. The van der Waals surface area contributed by atoms with Crippen LogP contribution in [0.2, 0.25) is 0 Å². The van der Waals surface area contributed by atoms with Crippen LogP contribution in [-0.2, 0) is 4.79 Å². The Labute approximate surface area is 143 Å². The number of nitrogens with zero attached hydrogens (tertiary/aromatic N) is 1. The molecule has 3 N–H and O–H groups in total. The molecule has 0 bridgehead atoms. The Morgan fingerprint density at radius 2 is 1.91 bits per heavy atom. The summed E-state index contributed by atoms with van der Waals surface area (Å²) < 4.78 is 0.813. The number of benzene rings is 1. The number of aliphatic carboxylic acids is 1. The number of carboxylic acid groups (broad SMARTS) is 1. The summed E-state index contributed by atoms with van der Waals surface area (Å²) in [5.41, 5.74) is 0.526. The largest absolute Gasteiger partial charge is 0.481 e. The van der Waals surface area contributed by atoms with E-state index in [9.17, 15) is 14.4 Å². The van der Waals surface area contributed by atoms with E-state index in [1.807, 2.05) is 6.07 Å². The van der Waals surface area contributed by atoms with Crippen molar-refractivity contribution < 1.29 is 19.5 Å². The minimum atomic E-state index is -0.953. The molecule has 0 aliphatic carbocycles. The molecule has 1 unspecified atom stereocenters. The summed E-state index contributed by atoms with van der Waals surface area (Å²) in [6.45, 7) is 2.18. The van der Waals surface area contributed by atoms with Crippen LogP contribution in [0, 0.1) is 5.92 Å². The number of hydrogen-bond donors (Lipinski definition) is 3. The third-order valence-corrected chi connectivity index (χ3v) is 3.58. The number of carbonyl (C=O) groups excluding carboxylic acids is 2. The van der Waals surface area contributed by atoms with E-state index in [1.165, 1.54) is 18.9 Å². The van der Waals surface area contributed by atoms with E-state index in [0.29, 0.717) is 5.56 Å². The molecule has 1 rings (SSSR count). The number of hydrogen-bond acceptors (Lipinski definition) is 3. The third kappa shape index (κ3) is 6.68. The van der Waals surface area contributed by atoms with Crippen LogP contribution >= 0.6 is 15.9 Å². The van der Waals surface area contributed by atoms with E-state index in [1.54, 1.807) is 18.2 Å². The summed E-state index contributed by atoms with van der Waals surface area (Å²) in [6, 6.07) is 6.61. The summed E-state index contributed by atoms with van der Waals surface area (Å²) >= 11 is 3.29. The minimum Gasteiger partial charge on any atom is -0.481 e. The van der Waals surface area contributed by atoms with E-state index in [4.69, 9.17) is 5.11 Å². The molecule has 23 heavy (non-hydrogen) atoms. The monoisotopic (exact) mass is 385 g/mol. The van der Waals surface area contributed by atoms with E-state index >= 15 is 0 Å². The number of nitrogens with one attached hydrogen (secondary N) is 2. The van der Waals surface area contributed by atoms with Crippen molar-refractivity contribution >= 4 is 33.8 Å². The molecule has 0 aliphatic rings. The lowest BCUT2D eigenvalue weighted by Gasteiger charge is -2.20. The van der Waals surface area contributed by atoms with E-state index in [-0.39, 0.29) is 31.6 Å². The van der Waals surface area contributed by atoms with Crippen molar-refractivity contribution in [2.45, 2.75) is 6.92 Å². The fourth-order valence-corrected chi connectivity index (χ4v) is 2.18. The van der Waals surface area contributed by atoms with Crippen molar-refractivity contribution in [1.29, 1.82) is 0 Å². The third-order valence-electron chi connectivity index (χ3n) is 3.09. The van der Waals surface area contributed by atoms with Crippen LogP contribution in [0.5, 0.6) is 0 Å². The first kappa shape index (κ1) is 19.0. The summed E-state index contributed by atoms with van der Waals surface area (Å²) in [5, 5.41) is 14.1. The van der Waals surface area contributed by atoms with Gasteiger partial charge in [-0.05, 0) is 18.2 Å². The Morgan fingerprint density at radius 1 is 1.26 bits per heavy atom. The first-order valence-corrected chi connectivity index (χ1v) is 7.86. The molecule has 3 amide bonds. The predicted octanol–water partition coefficient (Wildman–Crippen LogP) is 1.54. The molecule has 8 heteroatoms. The highest BCUT2D eigenvalue weighted by Gasteiger charge is 2.16. The number of carboxylic acids is 1. The van der Waals surface area contributed by atoms with Crippen LogP contribution in [0.1, 0.15) is 17.3 Å². The zero-order valence-corrected chi connectivity index (χ0v) is 14.6. The van der Waals surface area contributed by atoms with Crippen molar-refractivity contribution in [3.05, 3.63) is 34.3 Å². The number of urea groups is 1. The van der Waals surface area contributed by atoms with Gasteiger partial charge in [0.15, 0.2) is 0 Å². The Kier molecular flexibility index (Phi) is 7.53. The van der Waals surface area contributed by atoms with Gasteiger partial charge in [-0.25, -0.2) is 4.79 Å². The standard InChI is InChI=1S/C15H20BrN3O4/c1-10(14(21)22)9-19(2)15(23)18-7-6-17-13(20)11-4-3-5-12(16)8-11/h3-5,8,10H,6-7,9H2,1-2H3,(H,17,20)(H,18,23)(H,21,22). The molecule has 0 saturated carbocycles. The van der Waals surface area contributed by atoms with Crippen LogP contribution in [0.3, 0.4) is 0 Å². The van der Waals surface area contributed by atoms with E-state index < -0.39 is 11.9 Å². The van der Waals surface area contributed by atoms with Gasteiger partial charge in [0.1, 0.15) is 0 Å². The van der Waals surface area contributed by atoms with Gasteiger partial charge in [0.2, 0.25) is 0 Å². The predicted molar refractivity (Wildman–Crippen MR) is 89.3 cm³/mol. The number of halogens is 1. The van der Waals surface area contributed by atoms with Gasteiger partial charge in [0.25, 0.3) is 5.91 Å². The lowest BCUT2D eigenvalue weighted by atomic mass is 10.2. The molecule has 0 aromatic heterocycles. The van der Waals surface area contributed by atoms with Crippen LogP contribution in [0.25, 0.3) is 0 Å². The summed E-state index contributed by atoms with van der Waals surface area (Å²) in [6.07, 6.45) is 0. The normalized spacial score (nSPS) is 11.4. The number of carbonyl (C=O) groups is 3. The molecule has 1 aromatic carbocycles. The van der Waals surface area contributed by atoms with Gasteiger partial charge in [-0.3, -0.25) is 9.59 Å². The molecule has 0 fully saturated rings. The molecule has 0 spiro atoms. The van der Waals surface area contributed by atoms with Gasteiger partial charge in [-0.15, -0.1) is 0 Å². The average molecular weight is 386 g/mol. The highest BCUT2D eigenvalue weighted by Crippen LogP contribution is 2.11. The molecule has 0 heterocycles. The van der Waals surface area contributed by atoms with Crippen molar-refractivity contribution in [3.63, 3.8) is 0 Å². The molecule has 126 valence electrons. The van der Waals surface area contributed by atoms with Crippen molar-refractivity contribution in [3.8, 4) is 0 Å². The zero-order chi connectivity index (χ0) is 17.4. The van der Waals surface area contributed by atoms with E-state index in [2.05, 4.69) is 26.6 Å². The summed E-state index contributed by atoms with van der Waals surface area (Å²) in [4.78, 5) is 35.7. The van der Waals surface area contributed by atoms with Gasteiger partial charge < -0.3 is 20.6 Å². The first-order chi connectivity index (χ1) is 10.8. The van der Waals surface area contributed by atoms with Crippen LogP contribution in [-0.4, -0.2) is 54.6 Å². The average Bonchev–Trinajstić information content (AvgIpc) is 2.50. The molecule has 1 aromatic rings. The number of rotatable bonds is 7. The minimum absolute atomic E-state index is 0.117. The van der Waals surface area contributed by atoms with Gasteiger partial charge in [0.05, 0.1) is 5.92 Å². The van der Waals surface area contributed by atoms with Gasteiger partial charge in [0, 0.05) is 36.7 Å². The Hall–Kier alpha value is -2.09. The highest BCUT2D eigenvalue weighted by atomic mass is 79.9. The maximum atomic E-state index is 11.9. The molecule has 0 saturated heterocycles. The van der Waals surface area contributed by atoms with Gasteiger partial charge >= 0.3 is 12.0 Å². The SMILES string of the molecule is CC(CN(C)C(=O)NCCNC(=O)c1cccc(Br)c1)C(=O)O. The Balaban J connectivity index is 2.30. The Morgan fingerprint density at radius 3 is 2.52 bits per heavy atom. The topological polar surface area (TPSA) is 98.7 Å². The fourth-order valence-electron chi connectivity index (χ4n) is 1.78. The lowest BCUT2D eigenvalue weighted by molar-refractivity contribution is -0.141. The van der Waals surface area contributed by atoms with Crippen LogP contribution in [0.4, 0.5) is 4.79 Å². The summed E-state index contributed by atoms with van der Waals surface area (Å²) in [5.74, 6) is -1.82. The molecule has 7 nitrogen and oxygen atoms in total. The van der Waals surface area contributed by atoms with Crippen molar-refractivity contribution in [2.75, 3.05) is 26.7 Å². The zero-order valence-electron chi connectivity index (χ0n) is 13.0. The maximum absolute atomic E-state index is 11.9. The van der Waals surface area contributed by atoms with Crippen molar-refractivity contribution in [1.82, 2.24) is 15.5 Å². The van der Waals surface area contributed by atoms with Gasteiger partial charge in [-0.2, -0.15) is 0 Å². The van der Waals surface area contributed by atoms with Crippen molar-refractivity contribution in [2.24, 2.45) is 5.92 Å². The fraction of sp³-hybridized carbons (Fsp3) is 0.400. The maximum Gasteiger partial charge on any atom is 0.317 e. The molecule has 0 radical (unpaired) electrons. The Bertz CT molecular complexity index is 580. The second-order valence-corrected chi connectivity index (χ2v) is 6.03. The smallest absolute Gasteiger partial charge is 0.317 e. The quantitative estimate of drug-likeness (QED) is 0.619. The summed E-state index contributed by atoms with van der Waals surface area (Å²) in [7, 11) is 1.52. The van der Waals surface area contributed by atoms with Crippen LogP contribution < -0.4 is 10.6 Å². The molecular weight excluding hydrogens is 366 g/mol. The first-order valence-electron chi connectivity index (χ1n) is 7.06. The van der Waals surface area contributed by atoms with E-state index in [0.717, 1.165) is 4.47 Å². The second-order valence-electron chi connectivity index (χ2n) is 5.12. The number of amides is 3. The molecule has 1 atom stereocenters. The second kappa shape index (κ2) is 9.14. The van der Waals surface area contributed by atoms with Crippen LogP contribution in [0.15, 0.2) is 28.7 Å². The highest BCUT2D eigenvalue weighted by molar-refractivity contribution is 9.10.